The summed E-state index contributed by atoms with van der Waals surface area (Å²) in [5.74, 6) is 0. The van der Waals surface area contributed by atoms with E-state index in [9.17, 15) is 0 Å². The van der Waals surface area contributed by atoms with Gasteiger partial charge < -0.3 is 9.13 Å². The van der Waals surface area contributed by atoms with Crippen LogP contribution >= 0.6 is 59.6 Å². The molecule has 2 unspecified atom stereocenters. The Bertz CT molecular complexity index is 2390. The molecule has 0 spiro atoms. The van der Waals surface area contributed by atoms with Crippen molar-refractivity contribution in [1.82, 2.24) is 0 Å². The van der Waals surface area contributed by atoms with Crippen LogP contribution in [0.3, 0.4) is 0 Å². The fourth-order valence-corrected chi connectivity index (χ4v) is 17.2. The lowest BCUT2D eigenvalue weighted by Gasteiger charge is -2.22. The lowest BCUT2D eigenvalue weighted by atomic mass is 10.2. The quantitative estimate of drug-likeness (QED) is 0.162. The number of benzene rings is 5. The molecule has 0 aliphatic heterocycles. The van der Waals surface area contributed by atoms with E-state index >= 15 is 9.13 Å². The molecule has 2 atom stereocenters. The molecule has 222 valence electrons. The molecule has 0 N–H and O–H groups in total. The number of thiophene rings is 4. The van der Waals surface area contributed by atoms with Gasteiger partial charge in [-0.25, -0.2) is 0 Å². The summed E-state index contributed by atoms with van der Waals surface area (Å²) in [5.41, 5.74) is 0. The zero-order valence-electron chi connectivity index (χ0n) is 24.2. The Morgan fingerprint density at radius 3 is 1.24 bits per heavy atom. The molecule has 0 aliphatic rings. The molecule has 0 amide bonds. The van der Waals surface area contributed by atoms with Crippen molar-refractivity contribution in [3.8, 4) is 0 Å². The van der Waals surface area contributed by atoms with Crippen LogP contribution in [0.15, 0.2) is 144 Å². The van der Waals surface area contributed by atoms with Crippen LogP contribution in [0, 0.1) is 0 Å². The average Bonchev–Trinajstić information content (AvgIpc) is 3.92. The number of hydrogen-bond acceptors (Lipinski definition) is 6. The zero-order chi connectivity index (χ0) is 30.9. The molecule has 9 rings (SSSR count). The van der Waals surface area contributed by atoms with Gasteiger partial charge in [0, 0.05) is 40.0 Å². The topological polar surface area (TPSA) is 34.1 Å². The molecule has 8 heteroatoms. The molecule has 4 heterocycles. The van der Waals surface area contributed by atoms with E-state index < -0.39 is 14.3 Å². The molecule has 0 saturated carbocycles. The molecule has 4 aromatic heterocycles. The Balaban J connectivity index is 1.27. The maximum Gasteiger partial charge on any atom is 0.180 e. The molecular weight excluding hydrogens is 679 g/mol. The van der Waals surface area contributed by atoms with E-state index in [1.807, 2.05) is 84.9 Å². The first-order valence-corrected chi connectivity index (χ1v) is 21.6. The van der Waals surface area contributed by atoms with Gasteiger partial charge in [-0.05, 0) is 86.9 Å². The summed E-state index contributed by atoms with van der Waals surface area (Å²) < 4.78 is 37.8. The van der Waals surface area contributed by atoms with Gasteiger partial charge in [0.2, 0.25) is 0 Å². The highest BCUT2D eigenvalue weighted by molar-refractivity contribution is 7.90. The standard InChI is InChI=1S/C38H24O2P2S4/c39-41(29-8-3-1-4-9-29,37-22-27-20-33-25(14-16-43-33)18-35(27)45-37)31-12-7-13-32(24-31)42(40,30-10-5-2-6-11-30)38-23-28-21-34-26(15-17-44-34)19-36(28)46-38/h1-24H. The number of rotatable bonds is 6. The molecule has 46 heavy (non-hydrogen) atoms. The van der Waals surface area contributed by atoms with Gasteiger partial charge in [0.05, 0.1) is 9.24 Å². The summed E-state index contributed by atoms with van der Waals surface area (Å²) in [4.78, 5) is 0. The predicted octanol–water partition coefficient (Wildman–Crippen LogP) is 9.82. The Labute approximate surface area is 282 Å². The molecule has 9 aromatic rings. The van der Waals surface area contributed by atoms with E-state index in [1.54, 1.807) is 45.3 Å². The van der Waals surface area contributed by atoms with Gasteiger partial charge in [0.25, 0.3) is 0 Å². The van der Waals surface area contributed by atoms with Crippen LogP contribution in [0.4, 0.5) is 0 Å². The van der Waals surface area contributed by atoms with Gasteiger partial charge in [-0.2, -0.15) is 0 Å². The van der Waals surface area contributed by atoms with Gasteiger partial charge in [-0.15, -0.1) is 45.3 Å². The third-order valence-electron chi connectivity index (χ3n) is 8.57. The summed E-state index contributed by atoms with van der Waals surface area (Å²) in [5, 5.41) is 11.8. The third-order valence-corrected chi connectivity index (χ3v) is 19.8. The smallest absolute Gasteiger partial charge is 0.180 e. The van der Waals surface area contributed by atoms with Crippen LogP contribution in [0.25, 0.3) is 40.3 Å². The Morgan fingerprint density at radius 1 is 0.370 bits per heavy atom. The molecule has 0 bridgehead atoms. The number of fused-ring (bicyclic) bond motifs is 4. The van der Waals surface area contributed by atoms with Gasteiger partial charge in [0.1, 0.15) is 0 Å². The van der Waals surface area contributed by atoms with Crippen molar-refractivity contribution in [3.63, 3.8) is 0 Å². The van der Waals surface area contributed by atoms with E-state index in [-0.39, 0.29) is 0 Å². The van der Waals surface area contributed by atoms with Crippen LogP contribution in [0.2, 0.25) is 0 Å². The highest BCUT2D eigenvalue weighted by Gasteiger charge is 2.36. The summed E-state index contributed by atoms with van der Waals surface area (Å²) in [6.07, 6.45) is 0. The molecular formula is C38H24O2P2S4. The van der Waals surface area contributed by atoms with E-state index in [0.717, 1.165) is 40.0 Å². The Morgan fingerprint density at radius 2 is 0.783 bits per heavy atom. The molecule has 2 nitrogen and oxygen atoms in total. The second-order valence-electron chi connectivity index (χ2n) is 11.3. The van der Waals surface area contributed by atoms with Crippen LogP contribution in [0.1, 0.15) is 0 Å². The van der Waals surface area contributed by atoms with Crippen LogP contribution < -0.4 is 30.5 Å². The van der Waals surface area contributed by atoms with Gasteiger partial charge in [-0.1, -0.05) is 78.9 Å². The lowest BCUT2D eigenvalue weighted by Crippen LogP contribution is -2.29. The van der Waals surface area contributed by atoms with Crippen molar-refractivity contribution in [1.29, 1.82) is 0 Å². The second kappa shape index (κ2) is 11.0. The third kappa shape index (κ3) is 4.47. The van der Waals surface area contributed by atoms with E-state index in [4.69, 9.17) is 0 Å². The first kappa shape index (κ1) is 28.6. The minimum Gasteiger partial charge on any atom is -0.308 e. The SMILES string of the molecule is O=P(c1ccccc1)(c1cccc(P(=O)(c2ccccc2)c2cc3cc4sccc4cc3s2)c1)c1cc2cc3sccc3cc2s1. The Hall–Kier alpha value is -3.60. The fourth-order valence-electron chi connectivity index (χ4n) is 6.24. The molecule has 0 aliphatic carbocycles. The maximum atomic E-state index is 15.7. The van der Waals surface area contributed by atoms with Crippen molar-refractivity contribution in [2.24, 2.45) is 0 Å². The normalized spacial score (nSPS) is 14.6. The first-order chi connectivity index (χ1) is 22.5. The van der Waals surface area contributed by atoms with E-state index in [1.165, 1.54) is 20.2 Å². The van der Waals surface area contributed by atoms with E-state index in [0.29, 0.717) is 10.6 Å². The van der Waals surface area contributed by atoms with Gasteiger partial charge in [-0.3, -0.25) is 0 Å². The summed E-state index contributed by atoms with van der Waals surface area (Å²) in [6.45, 7) is 0. The van der Waals surface area contributed by atoms with Gasteiger partial charge >= 0.3 is 0 Å². The van der Waals surface area contributed by atoms with Crippen molar-refractivity contribution in [2.75, 3.05) is 0 Å². The first-order valence-electron chi connectivity index (χ1n) is 14.8. The predicted molar refractivity (Wildman–Crippen MR) is 207 cm³/mol. The molecule has 0 fully saturated rings. The van der Waals surface area contributed by atoms with Crippen LogP contribution in [0.5, 0.6) is 0 Å². The monoisotopic (exact) mass is 702 g/mol. The highest BCUT2D eigenvalue weighted by Crippen LogP contribution is 2.49. The summed E-state index contributed by atoms with van der Waals surface area (Å²) in [6, 6.07) is 44.7. The zero-order valence-corrected chi connectivity index (χ0v) is 29.3. The minimum absolute atomic E-state index is 0.697. The molecule has 5 aromatic carbocycles. The van der Waals surface area contributed by atoms with Crippen molar-refractivity contribution in [3.05, 3.63) is 144 Å². The average molecular weight is 703 g/mol. The minimum atomic E-state index is -3.32. The van der Waals surface area contributed by atoms with E-state index in [2.05, 4.69) is 59.3 Å². The Kier molecular flexibility index (Phi) is 6.84. The van der Waals surface area contributed by atoms with Crippen molar-refractivity contribution in [2.45, 2.75) is 0 Å². The van der Waals surface area contributed by atoms with Crippen molar-refractivity contribution >= 4 is 130 Å². The largest absolute Gasteiger partial charge is 0.308 e. The lowest BCUT2D eigenvalue weighted by molar-refractivity contribution is 0.592. The highest BCUT2D eigenvalue weighted by atomic mass is 32.1. The van der Waals surface area contributed by atoms with Crippen molar-refractivity contribution < 1.29 is 9.13 Å². The fraction of sp³-hybridized carbons (Fsp3) is 0. The van der Waals surface area contributed by atoms with Gasteiger partial charge in [0.15, 0.2) is 14.3 Å². The molecule has 0 saturated heterocycles. The second-order valence-corrected chi connectivity index (χ2v) is 21.4. The maximum absolute atomic E-state index is 15.7. The molecule has 0 radical (unpaired) electrons. The summed E-state index contributed by atoms with van der Waals surface area (Å²) >= 11 is 6.64. The van der Waals surface area contributed by atoms with Crippen LogP contribution in [-0.2, 0) is 9.13 Å². The van der Waals surface area contributed by atoms with Crippen LogP contribution in [-0.4, -0.2) is 0 Å². The number of hydrogen-bond donors (Lipinski definition) is 0. The summed E-state index contributed by atoms with van der Waals surface area (Å²) in [7, 11) is -6.64.